The van der Waals surface area contributed by atoms with Crippen molar-refractivity contribution in [3.05, 3.63) is 18.2 Å². The standard InChI is InChI=1S/C17H27N7O8/c1-7(26)13(16(30)22-10(17(31)32)2-8-4-20-6-21-8)24-15(29)11(5-25)23-14(28)9(18)3-12(19)27/h4,6-7,9-11,13,25-26H,2-3,5,18H2,1H3,(H2,19,27)(H,20,21)(H,22,30)(H,23,28)(H,24,29)(H,31,32). The molecule has 1 heterocycles. The SMILES string of the molecule is CC(O)C(NC(=O)C(CO)NC(=O)C(N)CC(N)=O)C(=O)NC(Cc1cnc[nH]1)C(=O)O. The Kier molecular flexibility index (Phi) is 10.2. The molecule has 5 unspecified atom stereocenters. The summed E-state index contributed by atoms with van der Waals surface area (Å²) in [4.78, 5) is 65.6. The van der Waals surface area contributed by atoms with E-state index in [-0.39, 0.29) is 6.42 Å². The van der Waals surface area contributed by atoms with Crippen LogP contribution in [0.2, 0.25) is 0 Å². The molecule has 5 atom stereocenters. The van der Waals surface area contributed by atoms with Gasteiger partial charge in [-0.1, -0.05) is 0 Å². The van der Waals surface area contributed by atoms with Crippen molar-refractivity contribution >= 4 is 29.6 Å². The molecule has 0 fully saturated rings. The number of H-pyrrole nitrogens is 1. The van der Waals surface area contributed by atoms with Crippen molar-refractivity contribution in [2.24, 2.45) is 11.5 Å². The third-order valence-electron chi connectivity index (χ3n) is 4.23. The summed E-state index contributed by atoms with van der Waals surface area (Å²) in [5.74, 6) is -5.26. The molecular weight excluding hydrogens is 430 g/mol. The van der Waals surface area contributed by atoms with E-state index in [1.165, 1.54) is 19.4 Å². The van der Waals surface area contributed by atoms with Crippen LogP contribution in [-0.2, 0) is 30.4 Å². The first-order chi connectivity index (χ1) is 15.0. The first-order valence-corrected chi connectivity index (χ1v) is 9.40. The Morgan fingerprint density at radius 1 is 1.09 bits per heavy atom. The van der Waals surface area contributed by atoms with Crippen LogP contribution in [0, 0.1) is 0 Å². The van der Waals surface area contributed by atoms with Crippen LogP contribution in [0.4, 0.5) is 0 Å². The number of aromatic amines is 1. The number of carboxylic acid groups (broad SMARTS) is 1. The molecule has 0 spiro atoms. The van der Waals surface area contributed by atoms with Gasteiger partial charge in [0.15, 0.2) is 0 Å². The van der Waals surface area contributed by atoms with Crippen molar-refractivity contribution in [3.63, 3.8) is 0 Å². The van der Waals surface area contributed by atoms with Crippen LogP contribution in [0.1, 0.15) is 19.0 Å². The molecule has 0 aliphatic carbocycles. The number of hydrogen-bond acceptors (Lipinski definition) is 9. The summed E-state index contributed by atoms with van der Waals surface area (Å²) in [6.07, 6.45) is 0.583. The van der Waals surface area contributed by atoms with Crippen LogP contribution in [0.15, 0.2) is 12.5 Å². The highest BCUT2D eigenvalue weighted by molar-refractivity contribution is 5.95. The number of amides is 4. The summed E-state index contributed by atoms with van der Waals surface area (Å²) in [7, 11) is 0. The molecule has 0 aliphatic rings. The first-order valence-electron chi connectivity index (χ1n) is 9.40. The second-order valence-corrected chi connectivity index (χ2v) is 6.93. The monoisotopic (exact) mass is 457 g/mol. The smallest absolute Gasteiger partial charge is 0.326 e. The van der Waals surface area contributed by atoms with Gasteiger partial charge in [-0.3, -0.25) is 19.2 Å². The fourth-order valence-electron chi connectivity index (χ4n) is 2.52. The van der Waals surface area contributed by atoms with Gasteiger partial charge in [0, 0.05) is 18.3 Å². The van der Waals surface area contributed by atoms with Crippen molar-refractivity contribution in [2.75, 3.05) is 6.61 Å². The third kappa shape index (κ3) is 8.29. The number of rotatable bonds is 13. The van der Waals surface area contributed by atoms with Crippen LogP contribution in [0.5, 0.6) is 0 Å². The zero-order valence-electron chi connectivity index (χ0n) is 17.1. The maximum Gasteiger partial charge on any atom is 0.326 e. The maximum absolute atomic E-state index is 12.5. The van der Waals surface area contributed by atoms with Gasteiger partial charge in [0.1, 0.15) is 18.1 Å². The van der Waals surface area contributed by atoms with Crippen LogP contribution in [0.3, 0.4) is 0 Å². The van der Waals surface area contributed by atoms with Gasteiger partial charge < -0.3 is 47.7 Å². The molecular formula is C17H27N7O8. The number of aliphatic hydroxyl groups is 2. The van der Waals surface area contributed by atoms with E-state index in [1.807, 2.05) is 0 Å². The van der Waals surface area contributed by atoms with Crippen LogP contribution >= 0.6 is 0 Å². The molecule has 0 radical (unpaired) electrons. The molecule has 11 N–H and O–H groups in total. The number of hydrogen-bond donors (Lipinski definition) is 9. The summed E-state index contributed by atoms with van der Waals surface area (Å²) in [5, 5.41) is 35.1. The maximum atomic E-state index is 12.5. The van der Waals surface area contributed by atoms with E-state index in [0.717, 1.165) is 0 Å². The van der Waals surface area contributed by atoms with E-state index in [1.54, 1.807) is 0 Å². The van der Waals surface area contributed by atoms with Crippen LogP contribution in [0.25, 0.3) is 0 Å². The zero-order chi connectivity index (χ0) is 24.4. The molecule has 0 saturated heterocycles. The summed E-state index contributed by atoms with van der Waals surface area (Å²) in [5.41, 5.74) is 10.8. The lowest BCUT2D eigenvalue weighted by molar-refractivity contribution is -0.143. The molecule has 15 nitrogen and oxygen atoms in total. The highest BCUT2D eigenvalue weighted by atomic mass is 16.4. The Hall–Kier alpha value is -3.56. The highest BCUT2D eigenvalue weighted by Gasteiger charge is 2.32. The lowest BCUT2D eigenvalue weighted by Crippen LogP contribution is -2.60. The molecule has 0 aromatic carbocycles. The highest BCUT2D eigenvalue weighted by Crippen LogP contribution is 2.02. The third-order valence-corrected chi connectivity index (χ3v) is 4.23. The Morgan fingerprint density at radius 2 is 1.72 bits per heavy atom. The molecule has 1 aromatic rings. The molecule has 1 aromatic heterocycles. The minimum Gasteiger partial charge on any atom is -0.480 e. The topological polar surface area (TPSA) is 263 Å². The van der Waals surface area contributed by atoms with Crippen molar-refractivity contribution in [2.45, 2.75) is 50.0 Å². The Labute approximate surface area is 181 Å². The predicted molar refractivity (Wildman–Crippen MR) is 106 cm³/mol. The lowest BCUT2D eigenvalue weighted by atomic mass is 10.1. The van der Waals surface area contributed by atoms with Gasteiger partial charge in [-0.2, -0.15) is 0 Å². The number of aromatic nitrogens is 2. The van der Waals surface area contributed by atoms with Gasteiger partial charge in [0.2, 0.25) is 23.6 Å². The number of carboxylic acids is 1. The first kappa shape index (κ1) is 26.5. The molecule has 0 saturated carbocycles. The average molecular weight is 457 g/mol. The van der Waals surface area contributed by atoms with Crippen LogP contribution < -0.4 is 27.4 Å². The van der Waals surface area contributed by atoms with Gasteiger partial charge in [0.05, 0.1) is 31.5 Å². The number of aliphatic hydroxyl groups excluding tert-OH is 2. The van der Waals surface area contributed by atoms with Gasteiger partial charge in [-0.05, 0) is 6.92 Å². The number of carbonyl (C=O) groups excluding carboxylic acids is 4. The van der Waals surface area contributed by atoms with Crippen molar-refractivity contribution < 1.29 is 39.3 Å². The van der Waals surface area contributed by atoms with E-state index in [9.17, 15) is 39.3 Å². The molecule has 0 aliphatic heterocycles. The van der Waals surface area contributed by atoms with Crippen molar-refractivity contribution in [1.29, 1.82) is 0 Å². The van der Waals surface area contributed by atoms with Gasteiger partial charge >= 0.3 is 5.97 Å². The average Bonchev–Trinajstić information content (AvgIpc) is 3.21. The van der Waals surface area contributed by atoms with Crippen LogP contribution in [-0.4, -0.2) is 91.8 Å². The normalized spacial score (nSPS) is 15.5. The van der Waals surface area contributed by atoms with Gasteiger partial charge in [-0.15, -0.1) is 0 Å². The van der Waals surface area contributed by atoms with E-state index < -0.39 is 72.9 Å². The minimum absolute atomic E-state index is 0.144. The zero-order valence-corrected chi connectivity index (χ0v) is 17.1. The number of nitrogens with zero attached hydrogens (tertiary/aromatic N) is 1. The molecule has 32 heavy (non-hydrogen) atoms. The van der Waals surface area contributed by atoms with Gasteiger partial charge in [-0.25, -0.2) is 9.78 Å². The molecule has 0 bridgehead atoms. The van der Waals surface area contributed by atoms with Gasteiger partial charge in [0.25, 0.3) is 0 Å². The Bertz CT molecular complexity index is 814. The molecule has 178 valence electrons. The quantitative estimate of drug-likeness (QED) is 0.136. The van der Waals surface area contributed by atoms with E-state index >= 15 is 0 Å². The number of nitrogens with one attached hydrogen (secondary N) is 4. The summed E-state index contributed by atoms with van der Waals surface area (Å²) >= 11 is 0. The Morgan fingerprint density at radius 3 is 2.19 bits per heavy atom. The number of carbonyl (C=O) groups is 5. The molecule has 1 rings (SSSR count). The number of nitrogens with two attached hydrogens (primary N) is 2. The second kappa shape index (κ2) is 12.3. The molecule has 4 amide bonds. The summed E-state index contributed by atoms with van der Waals surface area (Å²) < 4.78 is 0. The fourth-order valence-corrected chi connectivity index (χ4v) is 2.52. The predicted octanol–water partition coefficient (Wildman–Crippen LogP) is -4.93. The minimum atomic E-state index is -1.61. The lowest BCUT2D eigenvalue weighted by Gasteiger charge is -2.25. The largest absolute Gasteiger partial charge is 0.480 e. The molecule has 15 heteroatoms. The van der Waals surface area contributed by atoms with Crippen molar-refractivity contribution in [1.82, 2.24) is 25.9 Å². The summed E-state index contributed by atoms with van der Waals surface area (Å²) in [6.45, 7) is 0.275. The number of imidazole rings is 1. The number of primary amides is 1. The van der Waals surface area contributed by atoms with E-state index in [2.05, 4.69) is 25.9 Å². The van der Waals surface area contributed by atoms with Crippen molar-refractivity contribution in [3.8, 4) is 0 Å². The van der Waals surface area contributed by atoms with E-state index in [0.29, 0.717) is 5.69 Å². The number of aliphatic carboxylic acids is 1. The fraction of sp³-hybridized carbons (Fsp3) is 0.529. The van der Waals surface area contributed by atoms with E-state index in [4.69, 9.17) is 11.5 Å². The summed E-state index contributed by atoms with van der Waals surface area (Å²) in [6, 6.07) is -5.96. The Balaban J connectivity index is 2.82. The second-order valence-electron chi connectivity index (χ2n) is 6.93.